The van der Waals surface area contributed by atoms with Crippen LogP contribution in [0.3, 0.4) is 0 Å². The number of hydrazone groups is 1. The third-order valence-corrected chi connectivity index (χ3v) is 5.24. The van der Waals surface area contributed by atoms with Crippen LogP contribution in [-0.4, -0.2) is 60.2 Å². The molecule has 174 valence electrons. The summed E-state index contributed by atoms with van der Waals surface area (Å²) in [6, 6.07) is 15.5. The third kappa shape index (κ3) is 3.80. The standard InChI is InChI=1S/C22H17N9O4/c1-12(11-30-21(33)14-9-5-6-10-15(14)22(30)34)24-26-20(32)16-17(13-7-3-2-4-8-13)31(29-25-16)19-18(23)27-35-28-19/h2-10H,11H2,1H3,(H2,23,27)(H,26,32)/b24-12+. The largest absolute Gasteiger partial charge is 0.378 e. The van der Waals surface area contributed by atoms with Gasteiger partial charge in [0.05, 0.1) is 23.4 Å². The van der Waals surface area contributed by atoms with E-state index in [1.807, 2.05) is 6.07 Å². The zero-order chi connectivity index (χ0) is 24.5. The second kappa shape index (κ2) is 8.62. The molecular formula is C22H17N9O4. The summed E-state index contributed by atoms with van der Waals surface area (Å²) in [7, 11) is 0. The van der Waals surface area contributed by atoms with Crippen LogP contribution < -0.4 is 11.2 Å². The highest BCUT2D eigenvalue weighted by Crippen LogP contribution is 2.26. The molecule has 3 heterocycles. The molecule has 0 saturated carbocycles. The highest BCUT2D eigenvalue weighted by Gasteiger charge is 2.35. The van der Waals surface area contributed by atoms with Gasteiger partial charge in [-0.05, 0) is 29.4 Å². The molecule has 0 atom stereocenters. The Morgan fingerprint density at radius 3 is 2.31 bits per heavy atom. The minimum Gasteiger partial charge on any atom is -0.378 e. The Morgan fingerprint density at radius 1 is 1.03 bits per heavy atom. The molecule has 3 N–H and O–H groups in total. The van der Waals surface area contributed by atoms with Gasteiger partial charge in [-0.2, -0.15) is 9.78 Å². The molecule has 0 aliphatic carbocycles. The zero-order valence-corrected chi connectivity index (χ0v) is 18.2. The quantitative estimate of drug-likeness (QED) is 0.238. The van der Waals surface area contributed by atoms with Crippen LogP contribution in [0.15, 0.2) is 64.3 Å². The molecule has 1 aliphatic rings. The Bertz CT molecular complexity index is 1450. The molecule has 0 saturated heterocycles. The van der Waals surface area contributed by atoms with Crippen molar-refractivity contribution in [2.75, 3.05) is 12.3 Å². The van der Waals surface area contributed by atoms with Crippen molar-refractivity contribution in [1.82, 2.24) is 35.6 Å². The molecule has 2 aromatic carbocycles. The molecule has 5 rings (SSSR count). The molecule has 35 heavy (non-hydrogen) atoms. The molecule has 3 amide bonds. The zero-order valence-electron chi connectivity index (χ0n) is 18.2. The average molecular weight is 471 g/mol. The summed E-state index contributed by atoms with van der Waals surface area (Å²) in [6.07, 6.45) is 0. The lowest BCUT2D eigenvalue weighted by Crippen LogP contribution is -2.35. The number of aromatic nitrogens is 5. The first kappa shape index (κ1) is 21.6. The van der Waals surface area contributed by atoms with E-state index in [4.69, 9.17) is 5.73 Å². The number of amides is 3. The first-order valence-electron chi connectivity index (χ1n) is 10.3. The molecule has 0 bridgehead atoms. The van der Waals surface area contributed by atoms with Gasteiger partial charge in [0.15, 0.2) is 5.69 Å². The van der Waals surface area contributed by atoms with Crippen LogP contribution in [0.25, 0.3) is 17.1 Å². The van der Waals surface area contributed by atoms with Crippen LogP contribution in [0, 0.1) is 0 Å². The highest BCUT2D eigenvalue weighted by atomic mass is 16.6. The number of nitrogens with one attached hydrogen (secondary N) is 1. The first-order chi connectivity index (χ1) is 17.0. The molecule has 0 unspecified atom stereocenters. The number of carbonyl (C=O) groups is 3. The fourth-order valence-corrected chi connectivity index (χ4v) is 3.62. The monoisotopic (exact) mass is 471 g/mol. The second-order valence-corrected chi connectivity index (χ2v) is 7.57. The number of nitrogens with zero attached hydrogens (tertiary/aromatic N) is 7. The Hall–Kier alpha value is -5.20. The molecule has 0 radical (unpaired) electrons. The third-order valence-electron chi connectivity index (χ3n) is 5.24. The summed E-state index contributed by atoms with van der Waals surface area (Å²) in [6.45, 7) is 1.49. The fourth-order valence-electron chi connectivity index (χ4n) is 3.62. The number of fused-ring (bicyclic) bond motifs is 1. The predicted molar refractivity (Wildman–Crippen MR) is 121 cm³/mol. The lowest BCUT2D eigenvalue weighted by molar-refractivity contribution is 0.0677. The van der Waals surface area contributed by atoms with E-state index in [0.29, 0.717) is 28.1 Å². The summed E-state index contributed by atoms with van der Waals surface area (Å²) in [4.78, 5) is 39.2. The summed E-state index contributed by atoms with van der Waals surface area (Å²) in [5.41, 5.74) is 10.0. The number of nitrogens with two attached hydrogens (primary N) is 1. The summed E-state index contributed by atoms with van der Waals surface area (Å²) >= 11 is 0. The van der Waals surface area contributed by atoms with Crippen LogP contribution in [0.5, 0.6) is 0 Å². The lowest BCUT2D eigenvalue weighted by Gasteiger charge is -2.13. The van der Waals surface area contributed by atoms with E-state index in [-0.39, 0.29) is 23.9 Å². The van der Waals surface area contributed by atoms with E-state index in [0.717, 1.165) is 4.90 Å². The van der Waals surface area contributed by atoms with Crippen LogP contribution >= 0.6 is 0 Å². The molecule has 4 aromatic rings. The van der Waals surface area contributed by atoms with Gasteiger partial charge in [0.25, 0.3) is 17.7 Å². The summed E-state index contributed by atoms with van der Waals surface area (Å²) in [5.74, 6) is -1.47. The van der Waals surface area contributed by atoms with Crippen molar-refractivity contribution in [1.29, 1.82) is 0 Å². The minimum absolute atomic E-state index is 0.0335. The molecule has 0 spiro atoms. The molecule has 0 fully saturated rings. The van der Waals surface area contributed by atoms with Crippen LogP contribution in [0.2, 0.25) is 0 Å². The van der Waals surface area contributed by atoms with Crippen molar-refractivity contribution < 1.29 is 19.0 Å². The second-order valence-electron chi connectivity index (χ2n) is 7.57. The maximum Gasteiger partial charge on any atom is 0.294 e. The van der Waals surface area contributed by atoms with E-state index >= 15 is 0 Å². The fraction of sp³-hybridized carbons (Fsp3) is 0.0909. The predicted octanol–water partition coefficient (Wildman–Crippen LogP) is 1.30. The van der Waals surface area contributed by atoms with Gasteiger partial charge in [-0.3, -0.25) is 19.3 Å². The van der Waals surface area contributed by atoms with Crippen LogP contribution in [0.1, 0.15) is 38.1 Å². The van der Waals surface area contributed by atoms with Gasteiger partial charge in [-0.15, -0.1) is 5.10 Å². The van der Waals surface area contributed by atoms with Crippen molar-refractivity contribution >= 4 is 29.3 Å². The average Bonchev–Trinajstić information content (AvgIpc) is 3.56. The summed E-state index contributed by atoms with van der Waals surface area (Å²) in [5, 5.41) is 19.3. The van der Waals surface area contributed by atoms with E-state index < -0.39 is 17.7 Å². The normalized spacial score (nSPS) is 13.3. The van der Waals surface area contributed by atoms with Crippen molar-refractivity contribution in [2.24, 2.45) is 5.10 Å². The minimum atomic E-state index is -0.674. The van der Waals surface area contributed by atoms with Crippen LogP contribution in [0.4, 0.5) is 5.82 Å². The van der Waals surface area contributed by atoms with Gasteiger partial charge in [-0.25, -0.2) is 10.1 Å². The molecule has 13 heteroatoms. The van der Waals surface area contributed by atoms with Gasteiger partial charge in [-0.1, -0.05) is 47.7 Å². The molecule has 1 aliphatic heterocycles. The van der Waals surface area contributed by atoms with Gasteiger partial charge < -0.3 is 5.73 Å². The topological polar surface area (TPSA) is 174 Å². The Balaban J connectivity index is 1.39. The summed E-state index contributed by atoms with van der Waals surface area (Å²) < 4.78 is 5.89. The number of imide groups is 1. The van der Waals surface area contributed by atoms with Gasteiger partial charge in [0.2, 0.25) is 11.6 Å². The smallest absolute Gasteiger partial charge is 0.294 e. The number of nitrogen functional groups attached to an aromatic ring is 1. The van der Waals surface area contributed by atoms with E-state index in [1.165, 1.54) is 4.68 Å². The Morgan fingerprint density at radius 2 is 1.69 bits per heavy atom. The molecule has 2 aromatic heterocycles. The number of benzene rings is 2. The first-order valence-corrected chi connectivity index (χ1v) is 10.3. The number of rotatable bonds is 6. The number of hydrogen-bond acceptors (Lipinski definition) is 10. The van der Waals surface area contributed by atoms with Crippen molar-refractivity contribution in [3.8, 4) is 17.1 Å². The van der Waals surface area contributed by atoms with Crippen molar-refractivity contribution in [3.63, 3.8) is 0 Å². The highest BCUT2D eigenvalue weighted by molar-refractivity contribution is 6.22. The van der Waals surface area contributed by atoms with Gasteiger partial charge in [0, 0.05) is 5.56 Å². The molecule has 13 nitrogen and oxygen atoms in total. The maximum atomic E-state index is 13.0. The SMILES string of the molecule is C/C(CN1C(=O)c2ccccc2C1=O)=N\NC(=O)c1nnn(-c2nonc2N)c1-c1ccccc1. The lowest BCUT2D eigenvalue weighted by atomic mass is 10.1. The maximum absolute atomic E-state index is 13.0. The number of anilines is 1. The van der Waals surface area contributed by atoms with Crippen LogP contribution in [-0.2, 0) is 0 Å². The van der Waals surface area contributed by atoms with Crippen molar-refractivity contribution in [3.05, 3.63) is 71.4 Å². The van der Waals surface area contributed by atoms with Gasteiger partial charge in [0.1, 0.15) is 5.69 Å². The van der Waals surface area contributed by atoms with E-state index in [9.17, 15) is 14.4 Å². The Kier molecular flexibility index (Phi) is 5.33. The molecular weight excluding hydrogens is 454 g/mol. The Labute approximate surface area is 197 Å². The van der Waals surface area contributed by atoms with E-state index in [1.54, 1.807) is 55.5 Å². The number of carbonyl (C=O) groups excluding carboxylic acids is 3. The van der Waals surface area contributed by atoms with Crippen molar-refractivity contribution in [2.45, 2.75) is 6.92 Å². The number of hydrogen-bond donors (Lipinski definition) is 2. The van der Waals surface area contributed by atoms with Gasteiger partial charge >= 0.3 is 0 Å². The van der Waals surface area contributed by atoms with E-state index in [2.05, 4.69) is 35.8 Å².